The first-order valence-corrected chi connectivity index (χ1v) is 23.5. The van der Waals surface area contributed by atoms with Crippen molar-refractivity contribution in [3.8, 4) is 0 Å². The lowest BCUT2D eigenvalue weighted by Gasteiger charge is -2.37. The molecule has 0 bridgehead atoms. The monoisotopic (exact) mass is 1020 g/mol. The average molecular weight is 1020 g/mol. The van der Waals surface area contributed by atoms with Crippen molar-refractivity contribution in [2.45, 2.75) is 14.7 Å². The summed E-state index contributed by atoms with van der Waals surface area (Å²) in [6.07, 6.45) is 0. The van der Waals surface area contributed by atoms with Crippen molar-refractivity contribution in [1.29, 1.82) is 0 Å². The molecule has 2 heterocycles. The van der Waals surface area contributed by atoms with Crippen molar-refractivity contribution >= 4 is 123 Å². The van der Waals surface area contributed by atoms with Crippen LogP contribution in [0.4, 0.5) is 72.3 Å². The van der Waals surface area contributed by atoms with Gasteiger partial charge >= 0.3 is 11.7 Å². The number of nitro groups is 2. The molecule has 0 saturated carbocycles. The van der Waals surface area contributed by atoms with Crippen LogP contribution in [-0.4, -0.2) is 96.6 Å². The summed E-state index contributed by atoms with van der Waals surface area (Å²) in [4.78, 5) is 46.2. The molecule has 1 aromatic heterocycles. The molecule has 27 nitrogen and oxygen atoms in total. The van der Waals surface area contributed by atoms with Crippen molar-refractivity contribution in [3.05, 3.63) is 110 Å². The van der Waals surface area contributed by atoms with Gasteiger partial charge in [-0.15, -0.1) is 10.2 Å². The van der Waals surface area contributed by atoms with Crippen molar-refractivity contribution in [2.75, 3.05) is 51.9 Å². The van der Waals surface area contributed by atoms with E-state index in [4.69, 9.17) is 17.3 Å². The first-order chi connectivity index (χ1) is 31.8. The Morgan fingerprint density at radius 3 is 1.87 bits per heavy atom. The number of primary amides is 1. The van der Waals surface area contributed by atoms with Crippen LogP contribution in [0.3, 0.4) is 0 Å². The van der Waals surface area contributed by atoms with Gasteiger partial charge in [-0.2, -0.15) is 36.2 Å². The average Bonchev–Trinajstić information content (AvgIpc) is 3.24. The van der Waals surface area contributed by atoms with Gasteiger partial charge in [-0.3, -0.25) is 29.3 Å². The van der Waals surface area contributed by atoms with E-state index in [9.17, 15) is 69.0 Å². The van der Waals surface area contributed by atoms with E-state index in [1.807, 2.05) is 4.90 Å². The first kappa shape index (κ1) is 48.4. The molecule has 356 valence electrons. The van der Waals surface area contributed by atoms with Crippen LogP contribution in [0.5, 0.6) is 0 Å². The number of nitrogens with one attached hydrogen (secondary N) is 3. The molecule has 1 aliphatic rings. The number of azo groups is 1. The number of rotatable bonds is 14. The molecule has 0 radical (unpaired) electrons. The topological polar surface area (TPSA) is 405 Å². The molecular formula is C36H31ClFN13O14S3. The molecule has 1 aliphatic heterocycles. The van der Waals surface area contributed by atoms with Gasteiger partial charge < -0.3 is 45.1 Å². The summed E-state index contributed by atoms with van der Waals surface area (Å²) in [6, 6.07) is 14.0. The highest BCUT2D eigenvalue weighted by molar-refractivity contribution is 8.19. The molecule has 32 heteroatoms. The second-order valence-corrected chi connectivity index (χ2v) is 18.8. The normalized spacial score (nSPS) is 13.7. The summed E-state index contributed by atoms with van der Waals surface area (Å²) in [5, 5.41) is 37.6. The summed E-state index contributed by atoms with van der Waals surface area (Å²) in [7, 11) is -14.9. The molecule has 5 aromatic carbocycles. The van der Waals surface area contributed by atoms with Gasteiger partial charge in [0.1, 0.15) is 37.7 Å². The predicted molar refractivity (Wildman–Crippen MR) is 243 cm³/mol. The summed E-state index contributed by atoms with van der Waals surface area (Å²) < 4.78 is 113. The fourth-order valence-electron chi connectivity index (χ4n) is 6.78. The minimum Gasteiger partial charge on any atom is -0.368 e. The highest BCUT2D eigenvalue weighted by Gasteiger charge is 2.30. The van der Waals surface area contributed by atoms with E-state index in [0.29, 0.717) is 37.0 Å². The zero-order valence-corrected chi connectivity index (χ0v) is 37.0. The van der Waals surface area contributed by atoms with Crippen molar-refractivity contribution in [1.82, 2.24) is 15.0 Å². The summed E-state index contributed by atoms with van der Waals surface area (Å²) in [5.41, 5.74) is 4.16. The Labute approximate surface area is 387 Å². The van der Waals surface area contributed by atoms with E-state index in [1.165, 1.54) is 18.2 Å². The molecule has 1 fully saturated rings. The number of carbonyl (C=O) groups excluding carboxylic acids is 1. The molecule has 7 rings (SSSR count). The van der Waals surface area contributed by atoms with E-state index >= 15 is 0 Å². The van der Waals surface area contributed by atoms with E-state index in [2.05, 4.69) is 41.1 Å². The number of amides is 2. The minimum atomic E-state index is -5.17. The van der Waals surface area contributed by atoms with E-state index in [-0.39, 0.29) is 53.0 Å². The number of hydrogen-bond acceptors (Lipinski definition) is 21. The van der Waals surface area contributed by atoms with Gasteiger partial charge in [0.2, 0.25) is 23.0 Å². The zero-order valence-electron chi connectivity index (χ0n) is 33.8. The zero-order chi connectivity index (χ0) is 49.5. The number of hydrogen-bond donors (Lipinski definition) is 9. The third-order valence-electron chi connectivity index (χ3n) is 9.77. The van der Waals surface area contributed by atoms with Crippen LogP contribution in [0.15, 0.2) is 104 Å². The van der Waals surface area contributed by atoms with Gasteiger partial charge in [0, 0.05) is 54.7 Å². The van der Waals surface area contributed by atoms with E-state index in [1.54, 1.807) is 29.2 Å². The van der Waals surface area contributed by atoms with Gasteiger partial charge in [0.15, 0.2) is 0 Å². The number of aromatic nitrogens is 3. The number of fused-ring (bicyclic) bond motifs is 1. The lowest BCUT2D eigenvalue weighted by Crippen LogP contribution is -2.46. The molecule has 2 amide bonds. The second-order valence-electron chi connectivity index (χ2n) is 14.2. The van der Waals surface area contributed by atoms with Crippen LogP contribution in [0, 0.1) is 26.0 Å². The lowest BCUT2D eigenvalue weighted by atomic mass is 10.1. The highest BCUT2D eigenvalue weighted by atomic mass is 35.5. The van der Waals surface area contributed by atoms with Gasteiger partial charge in [0.25, 0.3) is 25.9 Å². The summed E-state index contributed by atoms with van der Waals surface area (Å²) in [5.74, 6) is -1.32. The number of carbonyl (C=O) groups is 1. The van der Waals surface area contributed by atoms with Gasteiger partial charge in [-0.25, -0.2) is 4.79 Å². The standard InChI is InChI=1S/C36H31ClFN13O14S3/c37-33-43-35(40-19-1-4-21(5-2-19)48-7-9-49(10-8-48)29-16-24(38)28(50(53)54)17-30(29)51(55)56)45-36(44-33)41-20-3-6-25(26(13-20)42-34(39)52)46-47-27-15-23-18(12-32(27)68(63,64)65)11-22(66(57,58)59)14-31(23)67(60,61)62/h1-6,11-17,57-59H,7-10H2,(H3,39,42,52)(H,60,61,62)(H,63,64,65)(H2,40,41,43,44,45). The number of nitrogens with two attached hydrogens (primary N) is 1. The molecule has 0 spiro atoms. The van der Waals surface area contributed by atoms with Crippen LogP contribution < -0.4 is 31.5 Å². The molecule has 0 atom stereocenters. The van der Waals surface area contributed by atoms with Crippen LogP contribution in [0.25, 0.3) is 10.8 Å². The second kappa shape index (κ2) is 18.7. The summed E-state index contributed by atoms with van der Waals surface area (Å²) in [6.45, 7) is 1.22. The third-order valence-corrected chi connectivity index (χ3v) is 12.6. The van der Waals surface area contributed by atoms with Crippen LogP contribution in [0.1, 0.15) is 0 Å². The number of halogens is 2. The van der Waals surface area contributed by atoms with Gasteiger partial charge in [-0.1, -0.05) is 0 Å². The SMILES string of the molecule is NC(=O)Nc1cc(Nc2nc(Cl)nc(Nc3ccc(N4CCN(c5cc(F)c([N+](=O)[O-])cc5[N+](=O)[O-])CC4)cc3)n2)ccc1N=Nc1cc2c(S(=O)(=O)O)cc(S(O)(O)O)cc2cc1S(=O)(=O)O. The number of benzene rings is 5. The highest BCUT2D eigenvalue weighted by Crippen LogP contribution is 2.47. The fraction of sp³-hybridized carbons (Fsp3) is 0.111. The molecule has 6 aromatic rings. The predicted octanol–water partition coefficient (Wildman–Crippen LogP) is 7.43. The minimum absolute atomic E-state index is 0.0188. The maximum atomic E-state index is 14.4. The molecular weight excluding hydrogens is 989 g/mol. The Bertz CT molecular complexity index is 3310. The van der Waals surface area contributed by atoms with Crippen LogP contribution in [-0.2, 0) is 20.2 Å². The molecule has 68 heavy (non-hydrogen) atoms. The maximum Gasteiger partial charge on any atom is 0.316 e. The lowest BCUT2D eigenvalue weighted by molar-refractivity contribution is -0.395. The fourth-order valence-corrected chi connectivity index (χ4v) is 8.94. The van der Waals surface area contributed by atoms with E-state index in [0.717, 1.165) is 23.9 Å². The Hall–Kier alpha value is -7.49. The Kier molecular flexibility index (Phi) is 13.3. The summed E-state index contributed by atoms with van der Waals surface area (Å²) >= 11 is 6.21. The number of nitro benzene ring substituents is 2. The molecule has 0 aliphatic carbocycles. The van der Waals surface area contributed by atoms with Crippen LogP contribution in [0.2, 0.25) is 5.28 Å². The molecule has 1 saturated heterocycles. The van der Waals surface area contributed by atoms with Gasteiger partial charge in [-0.05, 0) is 83.7 Å². The number of urea groups is 1. The van der Waals surface area contributed by atoms with Gasteiger partial charge in [0.05, 0.1) is 26.5 Å². The molecule has 0 unspecified atom stereocenters. The third kappa shape index (κ3) is 11.0. The quantitative estimate of drug-likeness (QED) is 0.0221. The van der Waals surface area contributed by atoms with Crippen molar-refractivity contribution in [3.63, 3.8) is 0 Å². The number of piperazine rings is 1. The number of nitrogens with zero attached hydrogens (tertiary/aromatic N) is 9. The largest absolute Gasteiger partial charge is 0.368 e. The van der Waals surface area contributed by atoms with E-state index < -0.39 is 95.3 Å². The Balaban J connectivity index is 1.08. The Morgan fingerprint density at radius 1 is 0.721 bits per heavy atom. The van der Waals surface area contributed by atoms with Crippen molar-refractivity contribution < 1.29 is 58.6 Å². The smallest absolute Gasteiger partial charge is 0.316 e. The number of anilines is 7. The maximum absolute atomic E-state index is 14.4. The first-order valence-electron chi connectivity index (χ1n) is 18.7. The Morgan fingerprint density at radius 2 is 1.29 bits per heavy atom. The van der Waals surface area contributed by atoms with Crippen molar-refractivity contribution in [2.24, 2.45) is 16.0 Å². The van der Waals surface area contributed by atoms with Crippen LogP contribution >= 0.6 is 22.5 Å². The molecule has 10 N–H and O–H groups in total.